The van der Waals surface area contributed by atoms with E-state index in [9.17, 15) is 4.79 Å². The summed E-state index contributed by atoms with van der Waals surface area (Å²) in [5.74, 6) is 0.211. The smallest absolute Gasteiger partial charge is 0.237 e. The Kier molecular flexibility index (Phi) is 3.65. The summed E-state index contributed by atoms with van der Waals surface area (Å²) in [6.07, 6.45) is 3.31. The normalized spacial score (nSPS) is 11.0. The number of amides is 1. The first-order valence-electron chi connectivity index (χ1n) is 6.10. The van der Waals surface area contributed by atoms with E-state index in [0.717, 1.165) is 15.6 Å². The fraction of sp³-hybridized carbons (Fsp3) is 0.0714. The van der Waals surface area contributed by atoms with Crippen molar-refractivity contribution in [1.82, 2.24) is 14.5 Å². The number of fused-ring (bicyclic) bond motifs is 1. The molecule has 106 valence electrons. The molecule has 2 heterocycles. The average Bonchev–Trinajstić information content (AvgIpc) is 2.79. The standard InChI is InChI=1S/C14H10BrClN4O/c15-10-5-18-6-11-13(10)20(7-12(17)21)14(19-11)8-1-3-9(16)4-2-8/h1-6H,7H2,(H2,17,21). The van der Waals surface area contributed by atoms with Crippen LogP contribution in [0.2, 0.25) is 5.02 Å². The van der Waals surface area contributed by atoms with Gasteiger partial charge in [0.2, 0.25) is 5.91 Å². The number of carbonyl (C=O) groups excluding carboxylic acids is 1. The molecule has 1 aromatic carbocycles. The molecule has 2 N–H and O–H groups in total. The molecule has 2 aromatic heterocycles. The van der Waals surface area contributed by atoms with Gasteiger partial charge in [0.25, 0.3) is 0 Å². The van der Waals surface area contributed by atoms with Crippen molar-refractivity contribution in [3.63, 3.8) is 0 Å². The molecule has 0 aliphatic rings. The quantitative estimate of drug-likeness (QED) is 0.775. The van der Waals surface area contributed by atoms with Crippen LogP contribution in [-0.4, -0.2) is 20.4 Å². The highest BCUT2D eigenvalue weighted by atomic mass is 79.9. The van der Waals surface area contributed by atoms with E-state index in [1.807, 2.05) is 12.1 Å². The van der Waals surface area contributed by atoms with Gasteiger partial charge in [0.1, 0.15) is 17.9 Å². The number of primary amides is 1. The molecule has 0 saturated heterocycles. The van der Waals surface area contributed by atoms with Crippen molar-refractivity contribution >= 4 is 44.5 Å². The second-order valence-corrected chi connectivity index (χ2v) is 5.77. The van der Waals surface area contributed by atoms with Gasteiger partial charge in [-0.2, -0.15) is 0 Å². The lowest BCUT2D eigenvalue weighted by Crippen LogP contribution is -2.19. The number of pyridine rings is 1. The van der Waals surface area contributed by atoms with Crippen LogP contribution in [0.5, 0.6) is 0 Å². The molecule has 0 radical (unpaired) electrons. The van der Waals surface area contributed by atoms with Gasteiger partial charge in [0.15, 0.2) is 0 Å². The maximum Gasteiger partial charge on any atom is 0.237 e. The van der Waals surface area contributed by atoms with Gasteiger partial charge in [-0.3, -0.25) is 9.78 Å². The predicted octanol–water partition coefficient (Wildman–Crippen LogP) is 3.00. The Balaban J connectivity index is 2.28. The first kappa shape index (κ1) is 14.0. The Hall–Kier alpha value is -1.92. The van der Waals surface area contributed by atoms with E-state index in [1.54, 1.807) is 29.1 Å². The third-order valence-corrected chi connectivity index (χ3v) is 3.85. The zero-order valence-electron chi connectivity index (χ0n) is 10.8. The predicted molar refractivity (Wildman–Crippen MR) is 84.9 cm³/mol. The molecular formula is C14H10BrClN4O. The minimum absolute atomic E-state index is 0.0388. The van der Waals surface area contributed by atoms with Crippen LogP contribution in [-0.2, 0) is 11.3 Å². The molecule has 5 nitrogen and oxygen atoms in total. The van der Waals surface area contributed by atoms with Gasteiger partial charge in [0.05, 0.1) is 16.2 Å². The highest BCUT2D eigenvalue weighted by Gasteiger charge is 2.16. The van der Waals surface area contributed by atoms with Gasteiger partial charge in [-0.15, -0.1) is 0 Å². The van der Waals surface area contributed by atoms with E-state index in [1.165, 1.54) is 0 Å². The Labute approximate surface area is 133 Å². The summed E-state index contributed by atoms with van der Waals surface area (Å²) in [5.41, 5.74) is 7.68. The Morgan fingerprint density at radius 2 is 2.00 bits per heavy atom. The zero-order valence-corrected chi connectivity index (χ0v) is 13.1. The number of benzene rings is 1. The van der Waals surface area contributed by atoms with Gasteiger partial charge in [0, 0.05) is 16.8 Å². The number of rotatable bonds is 3. The fourth-order valence-corrected chi connectivity index (χ4v) is 2.84. The number of carbonyl (C=O) groups is 1. The van der Waals surface area contributed by atoms with Crippen molar-refractivity contribution in [2.75, 3.05) is 0 Å². The minimum atomic E-state index is -0.437. The van der Waals surface area contributed by atoms with E-state index in [0.29, 0.717) is 16.4 Å². The highest BCUT2D eigenvalue weighted by Crippen LogP contribution is 2.29. The van der Waals surface area contributed by atoms with Crippen molar-refractivity contribution in [3.05, 3.63) is 46.2 Å². The van der Waals surface area contributed by atoms with Gasteiger partial charge >= 0.3 is 0 Å². The first-order valence-corrected chi connectivity index (χ1v) is 7.27. The molecular weight excluding hydrogens is 356 g/mol. The van der Waals surface area contributed by atoms with Gasteiger partial charge in [-0.05, 0) is 40.2 Å². The van der Waals surface area contributed by atoms with E-state index >= 15 is 0 Å². The number of imidazole rings is 1. The van der Waals surface area contributed by atoms with Crippen LogP contribution in [0.25, 0.3) is 22.4 Å². The van der Waals surface area contributed by atoms with Crippen molar-refractivity contribution in [1.29, 1.82) is 0 Å². The molecule has 0 atom stereocenters. The lowest BCUT2D eigenvalue weighted by molar-refractivity contribution is -0.118. The molecule has 0 aliphatic carbocycles. The summed E-state index contributed by atoms with van der Waals surface area (Å²) < 4.78 is 2.53. The average molecular weight is 366 g/mol. The largest absolute Gasteiger partial charge is 0.368 e. The van der Waals surface area contributed by atoms with Gasteiger partial charge in [-0.25, -0.2) is 4.98 Å². The summed E-state index contributed by atoms with van der Waals surface area (Å²) in [6.45, 7) is 0.0388. The summed E-state index contributed by atoms with van der Waals surface area (Å²) in [6, 6.07) is 7.25. The van der Waals surface area contributed by atoms with Crippen molar-refractivity contribution in [2.24, 2.45) is 5.73 Å². The van der Waals surface area contributed by atoms with Crippen LogP contribution in [0.3, 0.4) is 0 Å². The topological polar surface area (TPSA) is 73.8 Å². The summed E-state index contributed by atoms with van der Waals surface area (Å²) in [7, 11) is 0. The van der Waals surface area contributed by atoms with Crippen LogP contribution in [0.4, 0.5) is 0 Å². The Morgan fingerprint density at radius 1 is 1.29 bits per heavy atom. The van der Waals surface area contributed by atoms with Crippen molar-refractivity contribution in [2.45, 2.75) is 6.54 Å². The summed E-state index contributed by atoms with van der Waals surface area (Å²) >= 11 is 9.35. The van der Waals surface area contributed by atoms with Crippen LogP contribution >= 0.6 is 27.5 Å². The Morgan fingerprint density at radius 3 is 2.67 bits per heavy atom. The van der Waals surface area contributed by atoms with Crippen LogP contribution < -0.4 is 5.73 Å². The number of aromatic nitrogens is 3. The molecule has 0 unspecified atom stereocenters. The van der Waals surface area contributed by atoms with E-state index < -0.39 is 5.91 Å². The van der Waals surface area contributed by atoms with E-state index in [2.05, 4.69) is 25.9 Å². The minimum Gasteiger partial charge on any atom is -0.368 e. The number of nitrogens with zero attached hydrogens (tertiary/aromatic N) is 3. The fourth-order valence-electron chi connectivity index (χ4n) is 2.18. The van der Waals surface area contributed by atoms with Crippen LogP contribution in [0.1, 0.15) is 0 Å². The highest BCUT2D eigenvalue weighted by molar-refractivity contribution is 9.10. The maximum absolute atomic E-state index is 11.4. The molecule has 0 aliphatic heterocycles. The summed E-state index contributed by atoms with van der Waals surface area (Å²) in [4.78, 5) is 20.0. The molecule has 3 aromatic rings. The summed E-state index contributed by atoms with van der Waals surface area (Å²) in [5, 5.41) is 0.638. The monoisotopic (exact) mass is 364 g/mol. The second-order valence-electron chi connectivity index (χ2n) is 4.48. The third kappa shape index (κ3) is 2.64. The molecule has 3 rings (SSSR count). The van der Waals surface area contributed by atoms with Crippen LogP contribution in [0.15, 0.2) is 41.1 Å². The molecule has 0 fully saturated rings. The molecule has 21 heavy (non-hydrogen) atoms. The number of nitrogens with two attached hydrogens (primary N) is 1. The lowest BCUT2D eigenvalue weighted by atomic mass is 10.2. The Bertz CT molecular complexity index is 829. The second kappa shape index (κ2) is 5.46. The third-order valence-electron chi connectivity index (χ3n) is 3.02. The molecule has 0 saturated carbocycles. The molecule has 7 heteroatoms. The van der Waals surface area contributed by atoms with E-state index in [-0.39, 0.29) is 6.54 Å². The van der Waals surface area contributed by atoms with Gasteiger partial charge in [-0.1, -0.05) is 11.6 Å². The first-order chi connectivity index (χ1) is 10.1. The molecule has 0 bridgehead atoms. The zero-order chi connectivity index (χ0) is 15.0. The number of hydrogen-bond acceptors (Lipinski definition) is 3. The van der Waals surface area contributed by atoms with Crippen molar-refractivity contribution in [3.8, 4) is 11.4 Å². The van der Waals surface area contributed by atoms with Crippen LogP contribution in [0, 0.1) is 0 Å². The SMILES string of the molecule is NC(=O)Cn1c(-c2ccc(Cl)cc2)nc2cncc(Br)c21. The lowest BCUT2D eigenvalue weighted by Gasteiger charge is -2.07. The number of hydrogen-bond donors (Lipinski definition) is 1. The van der Waals surface area contributed by atoms with Crippen molar-refractivity contribution < 1.29 is 4.79 Å². The van der Waals surface area contributed by atoms with Gasteiger partial charge < -0.3 is 10.3 Å². The number of halogens is 2. The molecule has 0 spiro atoms. The molecule has 1 amide bonds. The van der Waals surface area contributed by atoms with E-state index in [4.69, 9.17) is 17.3 Å². The maximum atomic E-state index is 11.4.